The zero-order valence-corrected chi connectivity index (χ0v) is 15.4. The van der Waals surface area contributed by atoms with Gasteiger partial charge in [-0.05, 0) is 74.5 Å². The Balaban J connectivity index is 2.22. The summed E-state index contributed by atoms with van der Waals surface area (Å²) in [6.45, 7) is 17.8. The van der Waals surface area contributed by atoms with Crippen LogP contribution in [-0.2, 0) is 0 Å². The van der Waals surface area contributed by atoms with Gasteiger partial charge < -0.3 is 0 Å². The van der Waals surface area contributed by atoms with Gasteiger partial charge in [0.05, 0.1) is 0 Å². The molecule has 0 nitrogen and oxygen atoms in total. The summed E-state index contributed by atoms with van der Waals surface area (Å²) in [5, 5.41) is 0. The third-order valence-corrected chi connectivity index (χ3v) is 6.82. The van der Waals surface area contributed by atoms with Gasteiger partial charge in [0, 0.05) is 0 Å². The molecule has 0 bridgehead atoms. The highest BCUT2D eigenvalue weighted by Gasteiger charge is 2.48. The van der Waals surface area contributed by atoms with Crippen LogP contribution in [0.15, 0.2) is 36.5 Å². The SMILES string of the molecule is C=CC[C@@]1(C)[C@@H](C)CC=C2[C@@H]1CCC[C@]2(C)CCCC(=C)C. The van der Waals surface area contributed by atoms with E-state index in [9.17, 15) is 0 Å². The van der Waals surface area contributed by atoms with Crippen LogP contribution in [0.3, 0.4) is 0 Å². The van der Waals surface area contributed by atoms with Crippen molar-refractivity contribution in [1.29, 1.82) is 0 Å². The average molecular weight is 301 g/mol. The minimum Gasteiger partial charge on any atom is -0.103 e. The molecule has 124 valence electrons. The molecule has 0 unspecified atom stereocenters. The van der Waals surface area contributed by atoms with Crippen LogP contribution in [0.2, 0.25) is 0 Å². The molecule has 0 heteroatoms. The van der Waals surface area contributed by atoms with Crippen molar-refractivity contribution in [2.24, 2.45) is 22.7 Å². The molecule has 0 saturated heterocycles. The molecular formula is C22H36. The van der Waals surface area contributed by atoms with E-state index in [4.69, 9.17) is 0 Å². The lowest BCUT2D eigenvalue weighted by Crippen LogP contribution is -2.44. The van der Waals surface area contributed by atoms with Gasteiger partial charge in [0.15, 0.2) is 0 Å². The van der Waals surface area contributed by atoms with Gasteiger partial charge in [-0.15, -0.1) is 13.2 Å². The van der Waals surface area contributed by atoms with Crippen LogP contribution in [0.25, 0.3) is 0 Å². The molecule has 0 spiro atoms. The summed E-state index contributed by atoms with van der Waals surface area (Å²) in [5.41, 5.74) is 3.98. The van der Waals surface area contributed by atoms with E-state index < -0.39 is 0 Å². The molecular weight excluding hydrogens is 264 g/mol. The van der Waals surface area contributed by atoms with Gasteiger partial charge in [0.25, 0.3) is 0 Å². The molecule has 1 fully saturated rings. The molecule has 22 heavy (non-hydrogen) atoms. The lowest BCUT2D eigenvalue weighted by atomic mass is 9.51. The standard InChI is InChI=1S/C22H36/c1-7-14-22(6)18(4)12-13-19-20(22)11-9-16-21(19,5)15-8-10-17(2)3/h7,13,18,20H,1-2,8-12,14-16H2,3-6H3/t18-,20-,21-,22-/m0/s1. The fourth-order valence-electron chi connectivity index (χ4n) is 5.11. The summed E-state index contributed by atoms with van der Waals surface area (Å²) in [7, 11) is 0. The second-order valence-corrected chi connectivity index (χ2v) is 8.61. The number of fused-ring (bicyclic) bond motifs is 1. The molecule has 0 aromatic carbocycles. The third-order valence-electron chi connectivity index (χ3n) is 6.82. The lowest BCUT2D eigenvalue weighted by molar-refractivity contribution is 0.0624. The van der Waals surface area contributed by atoms with Crippen LogP contribution in [0.4, 0.5) is 0 Å². The highest BCUT2D eigenvalue weighted by Crippen LogP contribution is 2.59. The number of rotatable bonds is 6. The van der Waals surface area contributed by atoms with Crippen molar-refractivity contribution < 1.29 is 0 Å². The molecule has 0 radical (unpaired) electrons. The van der Waals surface area contributed by atoms with Gasteiger partial charge in [0.1, 0.15) is 0 Å². The van der Waals surface area contributed by atoms with Gasteiger partial charge in [0.2, 0.25) is 0 Å². The van der Waals surface area contributed by atoms with Gasteiger partial charge in [-0.1, -0.05) is 50.5 Å². The van der Waals surface area contributed by atoms with Crippen molar-refractivity contribution in [2.45, 2.75) is 79.1 Å². The molecule has 0 heterocycles. The summed E-state index contributed by atoms with van der Waals surface area (Å²) in [6.07, 6.45) is 15.2. The Morgan fingerprint density at radius 2 is 2.14 bits per heavy atom. The Bertz CT molecular complexity index is 455. The molecule has 2 aliphatic rings. The van der Waals surface area contributed by atoms with Crippen molar-refractivity contribution in [3.63, 3.8) is 0 Å². The highest BCUT2D eigenvalue weighted by molar-refractivity contribution is 5.26. The Hall–Kier alpha value is -0.780. The van der Waals surface area contributed by atoms with E-state index in [1.807, 2.05) is 0 Å². The summed E-state index contributed by atoms with van der Waals surface area (Å²) in [6, 6.07) is 0. The van der Waals surface area contributed by atoms with Crippen LogP contribution in [0.1, 0.15) is 79.1 Å². The van der Waals surface area contributed by atoms with Crippen molar-refractivity contribution >= 4 is 0 Å². The third kappa shape index (κ3) is 3.26. The van der Waals surface area contributed by atoms with E-state index in [1.165, 1.54) is 50.5 Å². The summed E-state index contributed by atoms with van der Waals surface area (Å²) in [4.78, 5) is 0. The average Bonchev–Trinajstić information content (AvgIpc) is 2.44. The van der Waals surface area contributed by atoms with Crippen LogP contribution < -0.4 is 0 Å². The Morgan fingerprint density at radius 1 is 1.41 bits per heavy atom. The second kappa shape index (κ2) is 6.77. The minimum absolute atomic E-state index is 0.419. The first-order chi connectivity index (χ1) is 10.3. The molecule has 4 atom stereocenters. The van der Waals surface area contributed by atoms with Gasteiger partial charge in [-0.2, -0.15) is 0 Å². The number of hydrogen-bond acceptors (Lipinski definition) is 0. The van der Waals surface area contributed by atoms with Crippen LogP contribution in [0, 0.1) is 22.7 Å². The number of hydrogen-bond donors (Lipinski definition) is 0. The van der Waals surface area contributed by atoms with Crippen LogP contribution in [0.5, 0.6) is 0 Å². The molecule has 2 aliphatic carbocycles. The van der Waals surface area contributed by atoms with E-state index in [0.717, 1.165) is 18.3 Å². The van der Waals surface area contributed by atoms with Crippen molar-refractivity contribution in [1.82, 2.24) is 0 Å². The smallest absolute Gasteiger partial charge is 0.0113 e. The zero-order chi connectivity index (χ0) is 16.4. The Kier molecular flexibility index (Phi) is 5.41. The molecule has 0 N–H and O–H groups in total. The maximum absolute atomic E-state index is 4.07. The first-order valence-corrected chi connectivity index (χ1v) is 9.29. The normalized spacial score (nSPS) is 38.1. The maximum atomic E-state index is 4.07. The van der Waals surface area contributed by atoms with Gasteiger partial charge >= 0.3 is 0 Å². The Labute approximate surface area is 138 Å². The molecule has 1 saturated carbocycles. The highest BCUT2D eigenvalue weighted by atomic mass is 14.5. The first kappa shape index (κ1) is 17.6. The zero-order valence-electron chi connectivity index (χ0n) is 15.4. The molecule has 0 amide bonds. The minimum atomic E-state index is 0.419. The molecule has 2 rings (SSSR count). The largest absolute Gasteiger partial charge is 0.103 e. The lowest BCUT2D eigenvalue weighted by Gasteiger charge is -2.54. The van der Waals surface area contributed by atoms with Crippen molar-refractivity contribution in [2.75, 3.05) is 0 Å². The quantitative estimate of drug-likeness (QED) is 0.459. The van der Waals surface area contributed by atoms with E-state index in [2.05, 4.69) is 53.0 Å². The predicted molar refractivity (Wildman–Crippen MR) is 98.9 cm³/mol. The van der Waals surface area contributed by atoms with E-state index in [1.54, 1.807) is 5.57 Å². The van der Waals surface area contributed by atoms with Crippen molar-refractivity contribution in [3.05, 3.63) is 36.5 Å². The summed E-state index contributed by atoms with van der Waals surface area (Å²) >= 11 is 0. The first-order valence-electron chi connectivity index (χ1n) is 9.29. The molecule has 0 aromatic heterocycles. The van der Waals surface area contributed by atoms with Gasteiger partial charge in [-0.25, -0.2) is 0 Å². The summed E-state index contributed by atoms with van der Waals surface area (Å²) < 4.78 is 0. The topological polar surface area (TPSA) is 0 Å². The Morgan fingerprint density at radius 3 is 2.77 bits per heavy atom. The maximum Gasteiger partial charge on any atom is -0.0113 e. The second-order valence-electron chi connectivity index (χ2n) is 8.61. The van der Waals surface area contributed by atoms with E-state index in [-0.39, 0.29) is 0 Å². The fraction of sp³-hybridized carbons (Fsp3) is 0.727. The number of allylic oxidation sites excluding steroid dienone is 4. The molecule has 0 aliphatic heterocycles. The predicted octanol–water partition coefficient (Wildman–Crippen LogP) is 7.09. The van der Waals surface area contributed by atoms with Crippen molar-refractivity contribution in [3.8, 4) is 0 Å². The van der Waals surface area contributed by atoms with E-state index in [0.29, 0.717) is 10.8 Å². The molecule has 0 aromatic rings. The monoisotopic (exact) mass is 300 g/mol. The van der Waals surface area contributed by atoms with Crippen LogP contribution >= 0.6 is 0 Å². The van der Waals surface area contributed by atoms with E-state index >= 15 is 0 Å². The fourth-order valence-corrected chi connectivity index (χ4v) is 5.11. The van der Waals surface area contributed by atoms with Crippen LogP contribution in [-0.4, -0.2) is 0 Å². The van der Waals surface area contributed by atoms with Gasteiger partial charge in [-0.3, -0.25) is 0 Å². The summed E-state index contributed by atoms with van der Waals surface area (Å²) in [5.74, 6) is 1.55.